The van der Waals surface area contributed by atoms with Gasteiger partial charge in [0, 0.05) is 60.4 Å². The third-order valence-corrected chi connectivity index (χ3v) is 12.4. The first kappa shape index (κ1) is 35.2. The number of fused-ring (bicyclic) bond motifs is 10. The van der Waals surface area contributed by atoms with E-state index in [1.165, 1.54) is 21.9 Å². The van der Waals surface area contributed by atoms with Gasteiger partial charge in [-0.1, -0.05) is 158 Å². The van der Waals surface area contributed by atoms with Gasteiger partial charge >= 0.3 is 0 Å². The van der Waals surface area contributed by atoms with E-state index in [0.717, 1.165) is 82.8 Å². The standard InChI is InChI=1S/C57H35N5O/c1-5-16-36(17-6-1)39-28-30-43-42-24-13-14-27-49(42)61(50(43)34-39)41-29-33-51-48(35-41)46-32-31-45-44-25-15-26-47(52(44)62(53(45)54(46)63-51)40-22-11-4-12-23-40)57-59-55(37-18-7-2-8-19-37)58-56(60-57)38-20-9-3-10-21-38/h1-35H. The summed E-state index contributed by atoms with van der Waals surface area (Å²) in [5, 5.41) is 6.70. The lowest BCUT2D eigenvalue weighted by atomic mass is 10.0. The molecule has 6 heteroatoms. The Morgan fingerprint density at radius 1 is 0.317 bits per heavy atom. The molecule has 0 aliphatic rings. The van der Waals surface area contributed by atoms with Crippen LogP contribution >= 0.6 is 0 Å². The Balaban J connectivity index is 1.07. The van der Waals surface area contributed by atoms with E-state index in [-0.39, 0.29) is 0 Å². The van der Waals surface area contributed by atoms with Crippen LogP contribution in [0.4, 0.5) is 0 Å². The van der Waals surface area contributed by atoms with Gasteiger partial charge in [-0.2, -0.15) is 0 Å². The third kappa shape index (κ3) is 5.55. The van der Waals surface area contributed by atoms with Gasteiger partial charge in [0.05, 0.1) is 22.1 Å². The number of rotatable bonds is 6. The van der Waals surface area contributed by atoms with Crippen LogP contribution in [0.1, 0.15) is 0 Å². The fourth-order valence-electron chi connectivity index (χ4n) is 9.51. The topological polar surface area (TPSA) is 61.7 Å². The molecule has 63 heavy (non-hydrogen) atoms. The highest BCUT2D eigenvalue weighted by Gasteiger charge is 2.24. The molecule has 0 unspecified atom stereocenters. The molecule has 0 N–H and O–H groups in total. The molecule has 4 heterocycles. The number of benzene rings is 9. The van der Waals surface area contributed by atoms with E-state index in [1.807, 2.05) is 60.7 Å². The molecule has 294 valence electrons. The van der Waals surface area contributed by atoms with Gasteiger partial charge in [0.25, 0.3) is 0 Å². The molecule has 0 aliphatic heterocycles. The quantitative estimate of drug-likeness (QED) is 0.168. The van der Waals surface area contributed by atoms with Gasteiger partial charge in [-0.05, 0) is 65.7 Å². The molecule has 0 radical (unpaired) electrons. The highest BCUT2D eigenvalue weighted by molar-refractivity contribution is 6.23. The molecule has 0 atom stereocenters. The van der Waals surface area contributed by atoms with E-state index in [9.17, 15) is 0 Å². The van der Waals surface area contributed by atoms with Crippen molar-refractivity contribution in [1.29, 1.82) is 0 Å². The molecule has 13 aromatic rings. The number of para-hydroxylation sites is 3. The second kappa shape index (κ2) is 14.0. The molecule has 0 saturated heterocycles. The molecule has 4 aromatic heterocycles. The average Bonchev–Trinajstić information content (AvgIpc) is 4.02. The van der Waals surface area contributed by atoms with E-state index in [0.29, 0.717) is 17.5 Å². The Labute approximate surface area is 361 Å². The Bertz CT molecular complexity index is 3830. The minimum absolute atomic E-state index is 0.598. The summed E-state index contributed by atoms with van der Waals surface area (Å²) in [6.45, 7) is 0. The Kier molecular flexibility index (Phi) is 7.80. The van der Waals surface area contributed by atoms with Gasteiger partial charge in [0.1, 0.15) is 5.58 Å². The zero-order valence-electron chi connectivity index (χ0n) is 33.9. The molecule has 0 fully saturated rings. The van der Waals surface area contributed by atoms with Crippen molar-refractivity contribution in [3.63, 3.8) is 0 Å². The van der Waals surface area contributed by atoms with Gasteiger partial charge in [-0.3, -0.25) is 0 Å². The Hall–Kier alpha value is -8.61. The summed E-state index contributed by atoms with van der Waals surface area (Å²) in [5.74, 6) is 1.84. The molecule has 0 bridgehead atoms. The van der Waals surface area contributed by atoms with Gasteiger partial charge in [-0.15, -0.1) is 0 Å². The Morgan fingerprint density at radius 3 is 1.62 bits per heavy atom. The van der Waals surface area contributed by atoms with Crippen LogP contribution in [-0.2, 0) is 0 Å². The lowest BCUT2D eigenvalue weighted by molar-refractivity contribution is 0.671. The monoisotopic (exact) mass is 805 g/mol. The highest BCUT2D eigenvalue weighted by atomic mass is 16.3. The predicted molar refractivity (Wildman–Crippen MR) is 258 cm³/mol. The fraction of sp³-hybridized carbons (Fsp3) is 0. The number of hydrogen-bond acceptors (Lipinski definition) is 4. The maximum absolute atomic E-state index is 7.01. The van der Waals surface area contributed by atoms with E-state index < -0.39 is 0 Å². The first-order valence-corrected chi connectivity index (χ1v) is 21.2. The minimum atomic E-state index is 0.598. The van der Waals surface area contributed by atoms with Crippen molar-refractivity contribution in [3.05, 3.63) is 212 Å². The van der Waals surface area contributed by atoms with Crippen molar-refractivity contribution in [1.82, 2.24) is 24.1 Å². The number of furan rings is 1. The maximum atomic E-state index is 7.01. The van der Waals surface area contributed by atoms with E-state index in [1.54, 1.807) is 0 Å². The van der Waals surface area contributed by atoms with Crippen LogP contribution in [0.2, 0.25) is 0 Å². The maximum Gasteiger partial charge on any atom is 0.166 e. The third-order valence-electron chi connectivity index (χ3n) is 12.4. The van der Waals surface area contributed by atoms with E-state index in [2.05, 4.69) is 161 Å². The van der Waals surface area contributed by atoms with Crippen LogP contribution < -0.4 is 0 Å². The summed E-state index contributed by atoms with van der Waals surface area (Å²) < 4.78 is 11.7. The van der Waals surface area contributed by atoms with Crippen molar-refractivity contribution in [2.75, 3.05) is 0 Å². The summed E-state index contributed by atoms with van der Waals surface area (Å²) in [4.78, 5) is 15.4. The van der Waals surface area contributed by atoms with Crippen molar-refractivity contribution in [3.8, 4) is 56.7 Å². The summed E-state index contributed by atoms with van der Waals surface area (Å²) in [5.41, 5.74) is 13.2. The molecule has 13 rings (SSSR count). The van der Waals surface area contributed by atoms with Crippen LogP contribution in [0, 0.1) is 0 Å². The molecular weight excluding hydrogens is 771 g/mol. The Morgan fingerprint density at radius 2 is 0.889 bits per heavy atom. The second-order valence-corrected chi connectivity index (χ2v) is 16.0. The lowest BCUT2D eigenvalue weighted by Crippen LogP contribution is -2.02. The number of nitrogens with zero attached hydrogens (tertiary/aromatic N) is 5. The van der Waals surface area contributed by atoms with Crippen LogP contribution in [0.15, 0.2) is 217 Å². The summed E-state index contributed by atoms with van der Waals surface area (Å²) in [6.07, 6.45) is 0. The van der Waals surface area contributed by atoms with Gasteiger partial charge in [-0.25, -0.2) is 15.0 Å². The van der Waals surface area contributed by atoms with Crippen LogP contribution in [0.3, 0.4) is 0 Å². The smallest absolute Gasteiger partial charge is 0.166 e. The van der Waals surface area contributed by atoms with Gasteiger partial charge < -0.3 is 13.6 Å². The normalized spacial score (nSPS) is 11.8. The highest BCUT2D eigenvalue weighted by Crippen LogP contribution is 2.44. The number of aromatic nitrogens is 5. The number of hydrogen-bond donors (Lipinski definition) is 0. The molecule has 0 spiro atoms. The molecule has 0 amide bonds. The van der Waals surface area contributed by atoms with E-state index >= 15 is 0 Å². The molecule has 0 saturated carbocycles. The first-order valence-electron chi connectivity index (χ1n) is 21.2. The zero-order chi connectivity index (χ0) is 41.4. The van der Waals surface area contributed by atoms with Crippen molar-refractivity contribution in [2.24, 2.45) is 0 Å². The molecule has 0 aliphatic carbocycles. The summed E-state index contributed by atoms with van der Waals surface area (Å²) in [6, 6.07) is 74.3. The SMILES string of the molecule is c1ccc(-c2ccc3c4ccccc4n(-c4ccc5oc6c(ccc7c8cccc(-c9nc(-c%10ccccc%10)nc(-c%10ccccc%10)n9)c8n(-c8ccccc8)c76)c5c4)c3c2)cc1. The largest absolute Gasteiger partial charge is 0.454 e. The van der Waals surface area contributed by atoms with Crippen LogP contribution in [0.5, 0.6) is 0 Å². The minimum Gasteiger partial charge on any atom is -0.454 e. The second-order valence-electron chi connectivity index (χ2n) is 16.0. The van der Waals surface area contributed by atoms with Crippen molar-refractivity contribution in [2.45, 2.75) is 0 Å². The fourth-order valence-corrected chi connectivity index (χ4v) is 9.51. The van der Waals surface area contributed by atoms with Crippen LogP contribution in [-0.4, -0.2) is 24.1 Å². The first-order chi connectivity index (χ1) is 31.2. The van der Waals surface area contributed by atoms with Gasteiger partial charge in [0.2, 0.25) is 0 Å². The predicted octanol–water partition coefficient (Wildman–Crippen LogP) is 14.6. The van der Waals surface area contributed by atoms with Crippen molar-refractivity contribution >= 4 is 65.6 Å². The zero-order valence-corrected chi connectivity index (χ0v) is 33.9. The molecular formula is C57H35N5O. The summed E-state index contributed by atoms with van der Waals surface area (Å²) in [7, 11) is 0. The van der Waals surface area contributed by atoms with Crippen LogP contribution in [0.25, 0.3) is 122 Å². The molecule has 6 nitrogen and oxygen atoms in total. The molecule has 9 aromatic carbocycles. The average molecular weight is 806 g/mol. The van der Waals surface area contributed by atoms with E-state index in [4.69, 9.17) is 19.4 Å². The summed E-state index contributed by atoms with van der Waals surface area (Å²) >= 11 is 0. The van der Waals surface area contributed by atoms with Crippen molar-refractivity contribution < 1.29 is 4.42 Å². The van der Waals surface area contributed by atoms with Gasteiger partial charge in [0.15, 0.2) is 23.1 Å². The lowest BCUT2D eigenvalue weighted by Gasteiger charge is -2.12.